The van der Waals surface area contributed by atoms with Gasteiger partial charge < -0.3 is 30.0 Å². The van der Waals surface area contributed by atoms with Crippen LogP contribution in [0.1, 0.15) is 22.3 Å². The molecule has 0 saturated carbocycles. The van der Waals surface area contributed by atoms with E-state index in [0.29, 0.717) is 65.0 Å². The van der Waals surface area contributed by atoms with Crippen molar-refractivity contribution < 1.29 is 28.5 Å². The largest absolute Gasteiger partial charge is 0.379 e. The molecular formula is C19H30N2O6. The van der Waals surface area contributed by atoms with Gasteiger partial charge in [0.15, 0.2) is 0 Å². The van der Waals surface area contributed by atoms with Crippen LogP contribution in [0.3, 0.4) is 0 Å². The molecule has 0 atom stereocenters. The van der Waals surface area contributed by atoms with Gasteiger partial charge in [-0.05, 0) is 19.1 Å². The molecule has 1 aromatic carbocycles. The number of rotatable bonds is 16. The first-order valence-corrected chi connectivity index (χ1v) is 9.03. The minimum atomic E-state index is -0.375. The summed E-state index contributed by atoms with van der Waals surface area (Å²) in [6.07, 6.45) is 0.221. The Kier molecular flexibility index (Phi) is 12.9. The first-order chi connectivity index (χ1) is 13.1. The van der Waals surface area contributed by atoms with E-state index < -0.39 is 0 Å². The highest BCUT2D eigenvalue weighted by Gasteiger charge is 2.03. The molecule has 0 spiro atoms. The molecule has 0 saturated heterocycles. The molecule has 27 heavy (non-hydrogen) atoms. The quantitative estimate of drug-likeness (QED) is 0.407. The van der Waals surface area contributed by atoms with Gasteiger partial charge in [0.2, 0.25) is 5.91 Å². The average Bonchev–Trinajstić information content (AvgIpc) is 2.65. The van der Waals surface area contributed by atoms with Crippen LogP contribution >= 0.6 is 0 Å². The fraction of sp³-hybridized carbons (Fsp3) is 0.579. The third-order valence-corrected chi connectivity index (χ3v) is 3.45. The van der Waals surface area contributed by atoms with Crippen LogP contribution in [0.4, 0.5) is 0 Å². The van der Waals surface area contributed by atoms with Gasteiger partial charge >= 0.3 is 0 Å². The maximum atomic E-state index is 11.9. The number of hydrogen-bond acceptors (Lipinski definition) is 6. The van der Waals surface area contributed by atoms with E-state index in [2.05, 4.69) is 5.32 Å². The number of benzene rings is 1. The van der Waals surface area contributed by atoms with Crippen molar-refractivity contribution in [2.75, 3.05) is 59.4 Å². The number of primary amides is 1. The summed E-state index contributed by atoms with van der Waals surface area (Å²) in [6.45, 7) is 5.89. The molecular weight excluding hydrogens is 352 g/mol. The zero-order valence-electron chi connectivity index (χ0n) is 15.9. The zero-order valence-corrected chi connectivity index (χ0v) is 15.9. The van der Waals surface area contributed by atoms with E-state index in [9.17, 15) is 9.59 Å². The number of nitrogens with one attached hydrogen (secondary N) is 1. The van der Waals surface area contributed by atoms with Gasteiger partial charge in [-0.25, -0.2) is 0 Å². The molecule has 1 aromatic rings. The monoisotopic (exact) mass is 382 g/mol. The highest BCUT2D eigenvalue weighted by molar-refractivity contribution is 5.94. The molecule has 1 rings (SSSR count). The van der Waals surface area contributed by atoms with Crippen molar-refractivity contribution in [2.24, 2.45) is 5.73 Å². The smallest absolute Gasteiger partial charge is 0.251 e. The fourth-order valence-corrected chi connectivity index (χ4v) is 1.98. The molecule has 0 unspecified atom stereocenters. The number of carbonyl (C=O) groups is 2. The summed E-state index contributed by atoms with van der Waals surface area (Å²) >= 11 is 0. The third-order valence-electron chi connectivity index (χ3n) is 3.45. The molecule has 8 heteroatoms. The van der Waals surface area contributed by atoms with E-state index in [-0.39, 0.29) is 18.2 Å². The summed E-state index contributed by atoms with van der Waals surface area (Å²) in [5.74, 6) is -0.481. The van der Waals surface area contributed by atoms with Crippen molar-refractivity contribution in [3.8, 4) is 0 Å². The van der Waals surface area contributed by atoms with Crippen molar-refractivity contribution in [1.82, 2.24) is 5.32 Å². The Bertz CT molecular complexity index is 536. The van der Waals surface area contributed by atoms with E-state index in [1.54, 1.807) is 12.1 Å². The predicted octanol–water partition coefficient (Wildman–Crippen LogP) is 0.667. The summed E-state index contributed by atoms with van der Waals surface area (Å²) in [4.78, 5) is 22.4. The number of ether oxygens (including phenoxy) is 4. The first-order valence-electron chi connectivity index (χ1n) is 9.03. The highest BCUT2D eigenvalue weighted by Crippen LogP contribution is 2.02. The number of nitrogens with two attached hydrogens (primary N) is 1. The van der Waals surface area contributed by atoms with Gasteiger partial charge in [0.05, 0.1) is 52.9 Å². The Morgan fingerprint density at radius 3 is 1.81 bits per heavy atom. The zero-order chi connectivity index (χ0) is 19.7. The second-order valence-corrected chi connectivity index (χ2v) is 5.79. The fourth-order valence-electron chi connectivity index (χ4n) is 1.98. The molecule has 0 fully saturated rings. The van der Waals surface area contributed by atoms with Crippen LogP contribution in [0.2, 0.25) is 0 Å². The maximum absolute atomic E-state index is 11.9. The van der Waals surface area contributed by atoms with Gasteiger partial charge in [0.1, 0.15) is 0 Å². The summed E-state index contributed by atoms with van der Waals surface area (Å²) < 4.78 is 21.2. The molecule has 0 bridgehead atoms. The van der Waals surface area contributed by atoms with Gasteiger partial charge in [-0.2, -0.15) is 0 Å². The summed E-state index contributed by atoms with van der Waals surface area (Å²) in [5.41, 5.74) is 6.75. The van der Waals surface area contributed by atoms with E-state index >= 15 is 0 Å². The van der Waals surface area contributed by atoms with Crippen LogP contribution in [0, 0.1) is 6.92 Å². The van der Waals surface area contributed by atoms with Crippen LogP contribution in [0.25, 0.3) is 0 Å². The average molecular weight is 382 g/mol. The molecule has 152 valence electrons. The van der Waals surface area contributed by atoms with Gasteiger partial charge in [0, 0.05) is 18.5 Å². The summed E-state index contributed by atoms with van der Waals surface area (Å²) in [7, 11) is 0. The van der Waals surface area contributed by atoms with Crippen molar-refractivity contribution in [3.63, 3.8) is 0 Å². The summed E-state index contributed by atoms with van der Waals surface area (Å²) in [5, 5.41) is 2.80. The van der Waals surface area contributed by atoms with E-state index in [1.165, 1.54) is 0 Å². The lowest BCUT2D eigenvalue weighted by Crippen LogP contribution is -2.27. The van der Waals surface area contributed by atoms with Crippen molar-refractivity contribution in [2.45, 2.75) is 13.3 Å². The topological polar surface area (TPSA) is 109 Å². The lowest BCUT2D eigenvalue weighted by molar-refractivity contribution is -0.119. The van der Waals surface area contributed by atoms with E-state index in [0.717, 1.165) is 5.56 Å². The van der Waals surface area contributed by atoms with E-state index in [4.69, 9.17) is 24.7 Å². The Morgan fingerprint density at radius 1 is 0.815 bits per heavy atom. The molecule has 0 aliphatic carbocycles. The molecule has 3 N–H and O–H groups in total. The first kappa shape index (κ1) is 23.0. The lowest BCUT2D eigenvalue weighted by Gasteiger charge is -2.08. The number of aryl methyl sites for hydroxylation is 1. The standard InChI is InChI=1S/C19H30N2O6/c1-16-2-4-17(5-3-16)19(23)21-7-9-25-11-13-27-15-14-26-12-10-24-8-6-18(20)22/h2-5H,6-15H2,1H3,(H2,20,22)(H,21,23). The number of carbonyl (C=O) groups excluding carboxylic acids is 2. The molecule has 0 aromatic heterocycles. The van der Waals surface area contributed by atoms with Crippen LogP contribution in [-0.2, 0) is 23.7 Å². The minimum absolute atomic E-state index is 0.106. The second-order valence-electron chi connectivity index (χ2n) is 5.79. The molecule has 0 radical (unpaired) electrons. The lowest BCUT2D eigenvalue weighted by atomic mass is 10.1. The van der Waals surface area contributed by atoms with Crippen LogP contribution < -0.4 is 11.1 Å². The molecule has 0 aliphatic heterocycles. The van der Waals surface area contributed by atoms with Crippen LogP contribution in [-0.4, -0.2) is 71.2 Å². The highest BCUT2D eigenvalue weighted by atomic mass is 16.6. The SMILES string of the molecule is Cc1ccc(C(=O)NCCOCCOCCOCCOCCC(N)=O)cc1. The molecule has 0 heterocycles. The van der Waals surface area contributed by atoms with Gasteiger partial charge in [-0.15, -0.1) is 0 Å². The maximum Gasteiger partial charge on any atom is 0.251 e. The molecule has 0 aliphatic rings. The number of amides is 2. The van der Waals surface area contributed by atoms with E-state index in [1.807, 2.05) is 19.1 Å². The van der Waals surface area contributed by atoms with Crippen molar-refractivity contribution in [1.29, 1.82) is 0 Å². The van der Waals surface area contributed by atoms with Gasteiger partial charge in [0.25, 0.3) is 5.91 Å². The predicted molar refractivity (Wildman–Crippen MR) is 101 cm³/mol. The minimum Gasteiger partial charge on any atom is -0.379 e. The van der Waals surface area contributed by atoms with Crippen LogP contribution in [0.5, 0.6) is 0 Å². The number of hydrogen-bond donors (Lipinski definition) is 2. The van der Waals surface area contributed by atoms with Gasteiger partial charge in [-0.1, -0.05) is 17.7 Å². The van der Waals surface area contributed by atoms with Gasteiger partial charge in [-0.3, -0.25) is 9.59 Å². The van der Waals surface area contributed by atoms with Crippen molar-refractivity contribution >= 4 is 11.8 Å². The Hall–Kier alpha value is -2.00. The Morgan fingerprint density at radius 2 is 1.30 bits per heavy atom. The normalized spacial score (nSPS) is 10.7. The third kappa shape index (κ3) is 12.9. The Labute approximate surface area is 160 Å². The summed E-state index contributed by atoms with van der Waals surface area (Å²) in [6, 6.07) is 7.41. The van der Waals surface area contributed by atoms with Crippen molar-refractivity contribution in [3.05, 3.63) is 35.4 Å². The molecule has 2 amide bonds. The molecule has 8 nitrogen and oxygen atoms in total. The second kappa shape index (κ2) is 15.1. The van der Waals surface area contributed by atoms with Crippen LogP contribution in [0.15, 0.2) is 24.3 Å². The Balaban J connectivity index is 1.82.